The monoisotopic (exact) mass is 336 g/mol. The fourth-order valence-corrected chi connectivity index (χ4v) is 5.02. The van der Waals surface area contributed by atoms with E-state index in [1.165, 1.54) is 4.31 Å². The van der Waals surface area contributed by atoms with E-state index in [-0.39, 0.29) is 11.8 Å². The molecular formula is C17H24N2O3S. The van der Waals surface area contributed by atoms with E-state index in [9.17, 15) is 13.2 Å². The van der Waals surface area contributed by atoms with Crippen LogP contribution in [-0.4, -0.2) is 49.7 Å². The third-order valence-electron chi connectivity index (χ3n) is 4.85. The van der Waals surface area contributed by atoms with Gasteiger partial charge in [-0.3, -0.25) is 4.79 Å². The number of carbonyl (C=O) groups is 1. The number of benzene rings is 1. The maximum atomic E-state index is 12.7. The molecule has 1 amide bonds. The molecule has 1 aromatic rings. The van der Waals surface area contributed by atoms with Crippen molar-refractivity contribution in [1.82, 2.24) is 9.21 Å². The van der Waals surface area contributed by atoms with Gasteiger partial charge in [-0.05, 0) is 31.4 Å². The molecular weight excluding hydrogens is 312 g/mol. The average molecular weight is 336 g/mol. The lowest BCUT2D eigenvalue weighted by Crippen LogP contribution is -2.39. The molecule has 2 aliphatic rings. The largest absolute Gasteiger partial charge is 0.341 e. The molecule has 1 saturated carbocycles. The third kappa shape index (κ3) is 3.58. The molecule has 6 heteroatoms. The molecule has 0 radical (unpaired) electrons. The number of rotatable bonds is 3. The lowest BCUT2D eigenvalue weighted by Gasteiger charge is -2.24. The molecule has 0 spiro atoms. The van der Waals surface area contributed by atoms with E-state index in [4.69, 9.17) is 0 Å². The van der Waals surface area contributed by atoms with Gasteiger partial charge in [0.1, 0.15) is 0 Å². The van der Waals surface area contributed by atoms with E-state index in [2.05, 4.69) is 0 Å². The highest BCUT2D eigenvalue weighted by Gasteiger charge is 2.31. The van der Waals surface area contributed by atoms with Crippen LogP contribution in [0.3, 0.4) is 0 Å². The Hall–Kier alpha value is -1.40. The molecule has 0 N–H and O–H groups in total. The lowest BCUT2D eigenvalue weighted by molar-refractivity contribution is -0.135. The first-order chi connectivity index (χ1) is 11.1. The van der Waals surface area contributed by atoms with Crippen LogP contribution in [0.1, 0.15) is 32.1 Å². The van der Waals surface area contributed by atoms with Gasteiger partial charge in [-0.1, -0.05) is 31.0 Å². The summed E-state index contributed by atoms with van der Waals surface area (Å²) in [6, 6.07) is 8.54. The molecule has 1 heterocycles. The van der Waals surface area contributed by atoms with E-state index in [1.54, 1.807) is 24.3 Å². The number of hydrogen-bond acceptors (Lipinski definition) is 3. The molecule has 1 saturated heterocycles. The Kier molecular flexibility index (Phi) is 5.02. The van der Waals surface area contributed by atoms with Crippen LogP contribution in [-0.2, 0) is 14.8 Å². The van der Waals surface area contributed by atoms with Crippen LogP contribution >= 0.6 is 0 Å². The van der Waals surface area contributed by atoms with Gasteiger partial charge in [0.25, 0.3) is 0 Å². The van der Waals surface area contributed by atoms with Gasteiger partial charge >= 0.3 is 0 Å². The molecule has 23 heavy (non-hydrogen) atoms. The van der Waals surface area contributed by atoms with Crippen molar-refractivity contribution in [2.45, 2.75) is 37.0 Å². The van der Waals surface area contributed by atoms with Crippen molar-refractivity contribution in [3.05, 3.63) is 30.3 Å². The smallest absolute Gasteiger partial charge is 0.243 e. The van der Waals surface area contributed by atoms with Crippen LogP contribution in [0.2, 0.25) is 0 Å². The number of sulfonamides is 1. The van der Waals surface area contributed by atoms with Crippen molar-refractivity contribution in [3.8, 4) is 0 Å². The van der Waals surface area contributed by atoms with E-state index in [1.807, 2.05) is 11.0 Å². The number of carbonyl (C=O) groups excluding carboxylic acids is 1. The van der Waals surface area contributed by atoms with E-state index in [0.717, 1.165) is 25.7 Å². The van der Waals surface area contributed by atoms with Crippen LogP contribution in [0.4, 0.5) is 0 Å². The topological polar surface area (TPSA) is 57.7 Å². The predicted molar refractivity (Wildman–Crippen MR) is 88.4 cm³/mol. The van der Waals surface area contributed by atoms with E-state index < -0.39 is 10.0 Å². The predicted octanol–water partition coefficient (Wildman–Crippen LogP) is 2.10. The maximum absolute atomic E-state index is 12.7. The van der Waals surface area contributed by atoms with Gasteiger partial charge in [0.2, 0.25) is 15.9 Å². The molecule has 0 unspecified atom stereocenters. The van der Waals surface area contributed by atoms with E-state index in [0.29, 0.717) is 37.5 Å². The molecule has 5 nitrogen and oxygen atoms in total. The second-order valence-corrected chi connectivity index (χ2v) is 8.32. The van der Waals surface area contributed by atoms with Gasteiger partial charge in [-0.2, -0.15) is 4.31 Å². The van der Waals surface area contributed by atoms with Crippen molar-refractivity contribution in [2.24, 2.45) is 5.92 Å². The first kappa shape index (κ1) is 16.5. The third-order valence-corrected chi connectivity index (χ3v) is 6.76. The van der Waals surface area contributed by atoms with Crippen LogP contribution < -0.4 is 0 Å². The van der Waals surface area contributed by atoms with Crippen LogP contribution in [0, 0.1) is 5.92 Å². The number of amides is 1. The van der Waals surface area contributed by atoms with Crippen LogP contribution in [0.15, 0.2) is 35.2 Å². The van der Waals surface area contributed by atoms with Gasteiger partial charge in [0.15, 0.2) is 0 Å². The van der Waals surface area contributed by atoms with Gasteiger partial charge < -0.3 is 4.90 Å². The highest BCUT2D eigenvalue weighted by Crippen LogP contribution is 2.27. The van der Waals surface area contributed by atoms with Crippen molar-refractivity contribution >= 4 is 15.9 Å². The summed E-state index contributed by atoms with van der Waals surface area (Å²) in [5, 5.41) is 0. The number of hydrogen-bond donors (Lipinski definition) is 0. The minimum Gasteiger partial charge on any atom is -0.341 e. The average Bonchev–Trinajstić information content (AvgIpc) is 2.99. The van der Waals surface area contributed by atoms with Crippen LogP contribution in [0.5, 0.6) is 0 Å². The second-order valence-electron chi connectivity index (χ2n) is 6.38. The molecule has 0 aromatic heterocycles. The van der Waals surface area contributed by atoms with Gasteiger partial charge in [0.05, 0.1) is 4.90 Å². The van der Waals surface area contributed by atoms with Gasteiger partial charge in [0, 0.05) is 32.1 Å². The maximum Gasteiger partial charge on any atom is 0.243 e. The molecule has 0 bridgehead atoms. The van der Waals surface area contributed by atoms with Crippen molar-refractivity contribution in [3.63, 3.8) is 0 Å². The van der Waals surface area contributed by atoms with E-state index >= 15 is 0 Å². The van der Waals surface area contributed by atoms with Gasteiger partial charge in [-0.15, -0.1) is 0 Å². The normalized spacial score (nSPS) is 21.3. The Morgan fingerprint density at radius 1 is 0.913 bits per heavy atom. The Labute approximate surface area is 138 Å². The lowest BCUT2D eigenvalue weighted by atomic mass is 10.1. The summed E-state index contributed by atoms with van der Waals surface area (Å²) < 4.78 is 26.9. The van der Waals surface area contributed by atoms with Crippen molar-refractivity contribution in [2.75, 3.05) is 26.2 Å². The Morgan fingerprint density at radius 2 is 1.61 bits per heavy atom. The molecule has 0 atom stereocenters. The molecule has 1 aliphatic carbocycles. The Morgan fingerprint density at radius 3 is 2.30 bits per heavy atom. The minimum absolute atomic E-state index is 0.160. The summed E-state index contributed by atoms with van der Waals surface area (Å²) in [6.07, 6.45) is 4.95. The fourth-order valence-electron chi connectivity index (χ4n) is 3.53. The van der Waals surface area contributed by atoms with Gasteiger partial charge in [-0.25, -0.2) is 8.42 Å². The van der Waals surface area contributed by atoms with Crippen molar-refractivity contribution in [1.29, 1.82) is 0 Å². The van der Waals surface area contributed by atoms with Crippen LogP contribution in [0.25, 0.3) is 0 Å². The Balaban J connectivity index is 1.67. The summed E-state index contributed by atoms with van der Waals surface area (Å²) in [5.74, 6) is 0.383. The fraction of sp³-hybridized carbons (Fsp3) is 0.588. The SMILES string of the molecule is O=C(C1CCCC1)N1CCCN(S(=O)(=O)c2ccccc2)CC1. The molecule has 126 valence electrons. The highest BCUT2D eigenvalue weighted by atomic mass is 32.2. The van der Waals surface area contributed by atoms with Crippen molar-refractivity contribution < 1.29 is 13.2 Å². The zero-order chi connectivity index (χ0) is 16.3. The summed E-state index contributed by atoms with van der Waals surface area (Å²) in [7, 11) is -3.46. The summed E-state index contributed by atoms with van der Waals surface area (Å²) in [4.78, 5) is 14.7. The minimum atomic E-state index is -3.46. The summed E-state index contributed by atoms with van der Waals surface area (Å²) >= 11 is 0. The first-order valence-corrected chi connectivity index (χ1v) is 9.87. The zero-order valence-corrected chi connectivity index (χ0v) is 14.2. The Bertz CT molecular complexity index is 639. The quantitative estimate of drug-likeness (QED) is 0.849. The second kappa shape index (κ2) is 7.01. The first-order valence-electron chi connectivity index (χ1n) is 8.43. The molecule has 3 rings (SSSR count). The summed E-state index contributed by atoms with van der Waals surface area (Å²) in [6.45, 7) is 2.03. The zero-order valence-electron chi connectivity index (χ0n) is 13.4. The molecule has 2 fully saturated rings. The highest BCUT2D eigenvalue weighted by molar-refractivity contribution is 7.89. The molecule has 1 aliphatic heterocycles. The standard InChI is InChI=1S/C17H24N2O3S/c20-17(15-7-4-5-8-15)18-11-6-12-19(14-13-18)23(21,22)16-9-2-1-3-10-16/h1-3,9-10,15H,4-8,11-14H2. The summed E-state index contributed by atoms with van der Waals surface area (Å²) in [5.41, 5.74) is 0. The number of nitrogens with zero attached hydrogens (tertiary/aromatic N) is 2. The molecule has 1 aromatic carbocycles.